The van der Waals surface area contributed by atoms with Gasteiger partial charge in [-0.25, -0.2) is 4.98 Å². The van der Waals surface area contributed by atoms with Crippen molar-refractivity contribution in [2.75, 3.05) is 24.6 Å². The second-order valence-corrected chi connectivity index (χ2v) is 15.4. The van der Waals surface area contributed by atoms with E-state index in [-0.39, 0.29) is 9.49 Å². The van der Waals surface area contributed by atoms with Crippen molar-refractivity contribution in [2.24, 2.45) is 9.98 Å². The van der Waals surface area contributed by atoms with Crippen molar-refractivity contribution in [2.45, 2.75) is 9.49 Å². The number of benzene rings is 6. The van der Waals surface area contributed by atoms with E-state index in [1.165, 1.54) is 33.4 Å². The maximum atomic E-state index is 4.84. The normalized spacial score (nSPS) is 12.0. The van der Waals surface area contributed by atoms with E-state index >= 15 is 0 Å². The molecule has 0 amide bonds. The zero-order valence-electron chi connectivity index (χ0n) is 30.2. The van der Waals surface area contributed by atoms with E-state index in [4.69, 9.17) is 15.0 Å². The minimum Gasteiger partial charge on any atom is -0.290 e. The minimum atomic E-state index is -0.352. The molecule has 7 aromatic rings. The molecule has 3 nitrogen and oxygen atoms in total. The first-order valence-corrected chi connectivity index (χ1v) is 20.3. The fourth-order valence-corrected chi connectivity index (χ4v) is 9.79. The number of aliphatic imine (C=N–C) groups is 2. The molecular formula is C49H43N3S2. The Balaban J connectivity index is 1.02. The molecule has 1 heterocycles. The lowest BCUT2D eigenvalue weighted by Crippen LogP contribution is -2.26. The van der Waals surface area contributed by atoms with Crippen molar-refractivity contribution in [3.63, 3.8) is 0 Å². The average molecular weight is 738 g/mol. The van der Waals surface area contributed by atoms with Crippen LogP contribution in [0.25, 0.3) is 0 Å². The van der Waals surface area contributed by atoms with Crippen LogP contribution in [-0.2, 0) is 9.49 Å². The minimum absolute atomic E-state index is 0.352. The van der Waals surface area contributed by atoms with Gasteiger partial charge in [-0.1, -0.05) is 188 Å². The second kappa shape index (κ2) is 18.5. The molecule has 54 heavy (non-hydrogen) atoms. The highest BCUT2D eigenvalue weighted by molar-refractivity contribution is 8.00. The Kier molecular flexibility index (Phi) is 12.6. The van der Waals surface area contributed by atoms with Crippen LogP contribution in [0.3, 0.4) is 0 Å². The third kappa shape index (κ3) is 8.49. The summed E-state index contributed by atoms with van der Waals surface area (Å²) >= 11 is 3.84. The Morgan fingerprint density at radius 2 is 0.611 bits per heavy atom. The number of pyridine rings is 1. The third-order valence-corrected chi connectivity index (χ3v) is 12.5. The molecule has 0 atom stereocenters. The molecule has 266 valence electrons. The molecule has 0 saturated heterocycles. The molecule has 0 bridgehead atoms. The summed E-state index contributed by atoms with van der Waals surface area (Å²) in [5.41, 5.74) is 9.21. The van der Waals surface area contributed by atoms with Crippen LogP contribution in [0.1, 0.15) is 44.8 Å². The zero-order valence-corrected chi connectivity index (χ0v) is 31.8. The van der Waals surface area contributed by atoms with Crippen molar-refractivity contribution in [1.82, 2.24) is 4.98 Å². The zero-order chi connectivity index (χ0) is 36.7. The van der Waals surface area contributed by atoms with Crippen molar-refractivity contribution in [3.05, 3.63) is 245 Å². The lowest BCUT2D eigenvalue weighted by Gasteiger charge is -2.35. The standard InChI is InChI=1S/C49H43N3S2/c1-7-20-40(21-8-1)48(41-22-9-2-10-23-41,42-24-11-3-12-25-42)53-36-34-50-38-46-32-19-33-47(52-46)39-51-35-37-54-49(43-26-13-4-14-27-43,44-28-15-5-16-29-44)45-30-17-6-18-31-45/h1-33,38-39H,34-37H2. The van der Waals surface area contributed by atoms with Crippen LogP contribution in [0.5, 0.6) is 0 Å². The Labute approximate surface area is 328 Å². The second-order valence-electron chi connectivity index (χ2n) is 12.8. The Bertz CT molecular complexity index is 1860. The van der Waals surface area contributed by atoms with Crippen molar-refractivity contribution in [1.29, 1.82) is 0 Å². The van der Waals surface area contributed by atoms with E-state index in [9.17, 15) is 0 Å². The van der Waals surface area contributed by atoms with Gasteiger partial charge in [0, 0.05) is 37.0 Å². The fraction of sp³-hybridized carbons (Fsp3) is 0.122. The molecule has 0 saturated carbocycles. The van der Waals surface area contributed by atoms with Crippen molar-refractivity contribution < 1.29 is 0 Å². The van der Waals surface area contributed by atoms with Crippen molar-refractivity contribution in [3.8, 4) is 0 Å². The summed E-state index contributed by atoms with van der Waals surface area (Å²) < 4.78 is -0.704. The molecule has 1 aromatic heterocycles. The van der Waals surface area contributed by atoms with Crippen LogP contribution in [0.4, 0.5) is 0 Å². The van der Waals surface area contributed by atoms with Crippen LogP contribution >= 0.6 is 23.5 Å². The first-order chi connectivity index (χ1) is 26.8. The molecule has 0 N–H and O–H groups in total. The topological polar surface area (TPSA) is 37.6 Å². The predicted octanol–water partition coefficient (Wildman–Crippen LogP) is 11.4. The number of rotatable bonds is 16. The van der Waals surface area contributed by atoms with E-state index in [2.05, 4.69) is 182 Å². The van der Waals surface area contributed by atoms with Gasteiger partial charge in [-0.2, -0.15) is 0 Å². The lowest BCUT2D eigenvalue weighted by atomic mass is 9.84. The highest BCUT2D eigenvalue weighted by atomic mass is 32.2. The fourth-order valence-electron chi connectivity index (χ4n) is 6.97. The van der Waals surface area contributed by atoms with Gasteiger partial charge < -0.3 is 0 Å². The maximum Gasteiger partial charge on any atom is 0.0907 e. The van der Waals surface area contributed by atoms with Gasteiger partial charge in [-0.3, -0.25) is 9.98 Å². The molecule has 0 aliphatic rings. The Morgan fingerprint density at radius 3 is 0.870 bits per heavy atom. The van der Waals surface area contributed by atoms with E-state index in [0.717, 1.165) is 22.9 Å². The van der Waals surface area contributed by atoms with Gasteiger partial charge in [0.1, 0.15) is 0 Å². The molecule has 7 rings (SSSR count). The number of aromatic nitrogens is 1. The van der Waals surface area contributed by atoms with Gasteiger partial charge in [0.2, 0.25) is 0 Å². The highest BCUT2D eigenvalue weighted by Crippen LogP contribution is 2.49. The van der Waals surface area contributed by atoms with Gasteiger partial charge in [-0.05, 0) is 45.5 Å². The van der Waals surface area contributed by atoms with Crippen LogP contribution in [0.15, 0.2) is 210 Å². The molecule has 0 aliphatic carbocycles. The van der Waals surface area contributed by atoms with E-state index < -0.39 is 0 Å². The number of hydrogen-bond acceptors (Lipinski definition) is 5. The van der Waals surface area contributed by atoms with Crippen molar-refractivity contribution >= 4 is 36.0 Å². The summed E-state index contributed by atoms with van der Waals surface area (Å²) in [5.74, 6) is 1.68. The maximum absolute atomic E-state index is 4.84. The average Bonchev–Trinajstić information content (AvgIpc) is 3.26. The largest absolute Gasteiger partial charge is 0.290 e. The SMILES string of the molecule is C(=NCCSC(c1ccccc1)(c1ccccc1)c1ccccc1)c1cccc(C=NCCSC(c2ccccc2)(c2ccccc2)c2ccccc2)n1. The Morgan fingerprint density at radius 1 is 0.352 bits per heavy atom. The summed E-state index contributed by atoms with van der Waals surface area (Å²) in [4.78, 5) is 14.5. The predicted molar refractivity (Wildman–Crippen MR) is 232 cm³/mol. The lowest BCUT2D eigenvalue weighted by molar-refractivity contribution is 0.892. The summed E-state index contributed by atoms with van der Waals surface area (Å²) in [6, 6.07) is 70.9. The monoisotopic (exact) mass is 737 g/mol. The smallest absolute Gasteiger partial charge is 0.0907 e. The quantitative estimate of drug-likeness (QED) is 0.0563. The molecule has 0 fully saturated rings. The van der Waals surface area contributed by atoms with Crippen LogP contribution in [0, 0.1) is 0 Å². The van der Waals surface area contributed by atoms with Crippen LogP contribution in [0.2, 0.25) is 0 Å². The molecule has 0 aliphatic heterocycles. The molecular weight excluding hydrogens is 695 g/mol. The Hall–Kier alpha value is -5.49. The highest BCUT2D eigenvalue weighted by Gasteiger charge is 2.37. The first-order valence-electron chi connectivity index (χ1n) is 18.4. The molecule has 0 radical (unpaired) electrons. The van der Waals surface area contributed by atoms with E-state index in [0.29, 0.717) is 13.1 Å². The first kappa shape index (κ1) is 36.9. The molecule has 5 heteroatoms. The van der Waals surface area contributed by atoms with Gasteiger partial charge in [0.05, 0.1) is 20.9 Å². The number of hydrogen-bond donors (Lipinski definition) is 0. The number of nitrogens with zero attached hydrogens (tertiary/aromatic N) is 3. The molecule has 0 spiro atoms. The van der Waals surface area contributed by atoms with Gasteiger partial charge in [0.25, 0.3) is 0 Å². The third-order valence-electron chi connectivity index (χ3n) is 9.40. The van der Waals surface area contributed by atoms with Gasteiger partial charge >= 0.3 is 0 Å². The van der Waals surface area contributed by atoms with E-state index in [1.807, 2.05) is 54.2 Å². The summed E-state index contributed by atoms with van der Waals surface area (Å²) in [5, 5.41) is 0. The van der Waals surface area contributed by atoms with Gasteiger partial charge in [-0.15, -0.1) is 23.5 Å². The van der Waals surface area contributed by atoms with Crippen LogP contribution in [-0.4, -0.2) is 42.0 Å². The summed E-state index contributed by atoms with van der Waals surface area (Å²) in [6.45, 7) is 1.34. The summed E-state index contributed by atoms with van der Waals surface area (Å²) in [7, 11) is 0. The van der Waals surface area contributed by atoms with Gasteiger partial charge in [0.15, 0.2) is 0 Å². The molecule has 6 aromatic carbocycles. The summed E-state index contributed by atoms with van der Waals surface area (Å²) in [6.07, 6.45) is 3.77. The van der Waals surface area contributed by atoms with Crippen LogP contribution < -0.4 is 0 Å². The molecule has 0 unspecified atom stereocenters. The number of thioether (sulfide) groups is 2. The van der Waals surface area contributed by atoms with E-state index in [1.54, 1.807) is 0 Å².